The third-order valence-electron chi connectivity index (χ3n) is 4.79. The molecule has 1 heterocycles. The lowest BCUT2D eigenvalue weighted by Gasteiger charge is -2.29. The van der Waals surface area contributed by atoms with Crippen molar-refractivity contribution in [1.82, 2.24) is 9.80 Å². The first kappa shape index (κ1) is 20.6. The summed E-state index contributed by atoms with van der Waals surface area (Å²) in [5, 5.41) is 2.03. The van der Waals surface area contributed by atoms with Gasteiger partial charge in [0.15, 0.2) is 0 Å². The van der Waals surface area contributed by atoms with Crippen molar-refractivity contribution >= 4 is 23.2 Å². The molecule has 1 saturated carbocycles. The molecule has 1 aromatic carbocycles. The molecule has 0 saturated heterocycles. The van der Waals surface area contributed by atoms with E-state index in [1.54, 1.807) is 11.3 Å². The number of benzene rings is 1. The monoisotopic (exact) mass is 398 g/mol. The van der Waals surface area contributed by atoms with E-state index in [2.05, 4.69) is 26.8 Å². The van der Waals surface area contributed by atoms with E-state index in [4.69, 9.17) is 0 Å². The molecule has 0 radical (unpaired) electrons. The first-order valence-electron chi connectivity index (χ1n) is 9.95. The Bertz CT molecular complexity index is 777. The molecule has 2 aromatic rings. The Morgan fingerprint density at radius 1 is 1.00 bits per heavy atom. The molecule has 0 unspecified atom stereocenters. The molecule has 5 heteroatoms. The zero-order chi connectivity index (χ0) is 20.1. The molecule has 0 spiro atoms. The fourth-order valence-corrected chi connectivity index (χ4v) is 3.95. The molecular weight excluding hydrogens is 368 g/mol. The van der Waals surface area contributed by atoms with Gasteiger partial charge in [0.05, 0.1) is 6.54 Å². The number of hydrogen-bond acceptors (Lipinski definition) is 3. The fourth-order valence-electron chi connectivity index (χ4n) is 3.23. The molecule has 2 amide bonds. The van der Waals surface area contributed by atoms with E-state index in [1.165, 1.54) is 0 Å². The van der Waals surface area contributed by atoms with E-state index in [1.807, 2.05) is 51.6 Å². The zero-order valence-electron chi connectivity index (χ0n) is 17.1. The van der Waals surface area contributed by atoms with Crippen LogP contribution in [-0.2, 0) is 22.7 Å². The molecule has 1 aliphatic rings. The second-order valence-corrected chi connectivity index (χ2v) is 9.84. The highest BCUT2D eigenvalue weighted by Crippen LogP contribution is 2.30. The summed E-state index contributed by atoms with van der Waals surface area (Å²) < 4.78 is 0. The minimum Gasteiger partial charge on any atom is -0.332 e. The van der Waals surface area contributed by atoms with Crippen molar-refractivity contribution in [1.29, 1.82) is 0 Å². The van der Waals surface area contributed by atoms with Crippen LogP contribution >= 0.6 is 11.3 Å². The Morgan fingerprint density at radius 3 is 2.29 bits per heavy atom. The van der Waals surface area contributed by atoms with Crippen LogP contribution in [0.25, 0.3) is 0 Å². The van der Waals surface area contributed by atoms with Gasteiger partial charge < -0.3 is 9.80 Å². The maximum absolute atomic E-state index is 13.2. The molecule has 3 rings (SSSR count). The Kier molecular flexibility index (Phi) is 6.55. The van der Waals surface area contributed by atoms with Crippen LogP contribution in [0.3, 0.4) is 0 Å². The van der Waals surface area contributed by atoms with E-state index in [0.717, 1.165) is 23.3 Å². The SMILES string of the molecule is CC(C)(C)CC(=O)N(CC(=O)N(Cc1ccccc1)Cc1cccs1)C1CC1. The highest BCUT2D eigenvalue weighted by Gasteiger charge is 2.36. The van der Waals surface area contributed by atoms with Gasteiger partial charge in [-0.3, -0.25) is 9.59 Å². The summed E-state index contributed by atoms with van der Waals surface area (Å²) in [6.45, 7) is 7.52. The molecule has 0 atom stereocenters. The normalized spacial score (nSPS) is 14.0. The Balaban J connectivity index is 1.72. The van der Waals surface area contributed by atoms with Gasteiger partial charge in [-0.05, 0) is 35.3 Å². The molecule has 150 valence electrons. The van der Waals surface area contributed by atoms with Crippen LogP contribution in [0, 0.1) is 5.41 Å². The topological polar surface area (TPSA) is 40.6 Å². The number of amides is 2. The molecular formula is C23H30N2O2S. The van der Waals surface area contributed by atoms with Gasteiger partial charge in [-0.15, -0.1) is 11.3 Å². The highest BCUT2D eigenvalue weighted by molar-refractivity contribution is 7.09. The number of carbonyl (C=O) groups is 2. The maximum Gasteiger partial charge on any atom is 0.242 e. The Labute approximate surface area is 172 Å². The minimum atomic E-state index is -0.0754. The Hall–Kier alpha value is -2.14. The van der Waals surface area contributed by atoms with Crippen LogP contribution in [0.1, 0.15) is 50.5 Å². The summed E-state index contributed by atoms with van der Waals surface area (Å²) in [6.07, 6.45) is 2.49. The second kappa shape index (κ2) is 8.91. The fraction of sp³-hybridized carbons (Fsp3) is 0.478. The van der Waals surface area contributed by atoms with E-state index in [9.17, 15) is 9.59 Å². The second-order valence-electron chi connectivity index (χ2n) is 8.81. The van der Waals surface area contributed by atoms with Crippen LogP contribution in [0.5, 0.6) is 0 Å². The molecule has 1 aliphatic carbocycles. The predicted molar refractivity (Wildman–Crippen MR) is 114 cm³/mol. The number of thiophene rings is 1. The van der Waals surface area contributed by atoms with Crippen molar-refractivity contribution in [3.63, 3.8) is 0 Å². The van der Waals surface area contributed by atoms with E-state index in [0.29, 0.717) is 19.5 Å². The first-order valence-corrected chi connectivity index (χ1v) is 10.8. The lowest BCUT2D eigenvalue weighted by atomic mass is 9.91. The van der Waals surface area contributed by atoms with Crippen molar-refractivity contribution < 1.29 is 9.59 Å². The molecule has 28 heavy (non-hydrogen) atoms. The van der Waals surface area contributed by atoms with E-state index in [-0.39, 0.29) is 29.8 Å². The minimum absolute atomic E-state index is 0.0198. The summed E-state index contributed by atoms with van der Waals surface area (Å²) in [5.74, 6) is 0.116. The summed E-state index contributed by atoms with van der Waals surface area (Å²) in [5.41, 5.74) is 1.03. The van der Waals surface area contributed by atoms with Gasteiger partial charge >= 0.3 is 0 Å². The molecule has 0 bridgehead atoms. The maximum atomic E-state index is 13.2. The number of carbonyl (C=O) groups excluding carboxylic acids is 2. The van der Waals surface area contributed by atoms with Gasteiger partial charge in [-0.25, -0.2) is 0 Å². The van der Waals surface area contributed by atoms with Crippen LogP contribution in [0.15, 0.2) is 47.8 Å². The Morgan fingerprint density at radius 2 is 1.71 bits per heavy atom. The lowest BCUT2D eigenvalue weighted by Crippen LogP contribution is -2.44. The smallest absolute Gasteiger partial charge is 0.242 e. The van der Waals surface area contributed by atoms with Gasteiger partial charge in [0, 0.05) is 23.9 Å². The summed E-state index contributed by atoms with van der Waals surface area (Å²) in [7, 11) is 0. The molecule has 4 nitrogen and oxygen atoms in total. The first-order chi connectivity index (χ1) is 13.3. The number of hydrogen-bond donors (Lipinski definition) is 0. The third-order valence-corrected chi connectivity index (χ3v) is 5.65. The van der Waals surface area contributed by atoms with Crippen molar-refractivity contribution in [2.24, 2.45) is 5.41 Å². The quantitative estimate of drug-likeness (QED) is 0.646. The highest BCUT2D eigenvalue weighted by atomic mass is 32.1. The van der Waals surface area contributed by atoms with Crippen LogP contribution in [-0.4, -0.2) is 34.2 Å². The van der Waals surface area contributed by atoms with Gasteiger partial charge in [0.2, 0.25) is 11.8 Å². The van der Waals surface area contributed by atoms with Gasteiger partial charge in [0.1, 0.15) is 6.54 Å². The zero-order valence-corrected chi connectivity index (χ0v) is 17.9. The van der Waals surface area contributed by atoms with Crippen molar-refractivity contribution in [2.75, 3.05) is 6.54 Å². The molecule has 0 aliphatic heterocycles. The van der Waals surface area contributed by atoms with Gasteiger partial charge in [-0.2, -0.15) is 0 Å². The standard InChI is InChI=1S/C23H30N2O2S/c1-23(2,3)14-21(26)25(19-11-12-19)17-22(27)24(16-20-10-7-13-28-20)15-18-8-5-4-6-9-18/h4-10,13,19H,11-12,14-17H2,1-3H3. The molecule has 1 aromatic heterocycles. The van der Waals surface area contributed by atoms with E-state index < -0.39 is 0 Å². The largest absolute Gasteiger partial charge is 0.332 e. The van der Waals surface area contributed by atoms with Crippen molar-refractivity contribution in [2.45, 2.75) is 59.2 Å². The van der Waals surface area contributed by atoms with Crippen molar-refractivity contribution in [3.8, 4) is 0 Å². The summed E-state index contributed by atoms with van der Waals surface area (Å²) in [6, 6.07) is 14.3. The summed E-state index contributed by atoms with van der Waals surface area (Å²) >= 11 is 1.66. The molecule has 1 fully saturated rings. The average Bonchev–Trinajstić information content (AvgIpc) is 3.34. The van der Waals surface area contributed by atoms with Crippen LogP contribution in [0.2, 0.25) is 0 Å². The van der Waals surface area contributed by atoms with Gasteiger partial charge in [0.25, 0.3) is 0 Å². The third kappa shape index (κ3) is 6.20. The predicted octanol–water partition coefficient (Wildman–Crippen LogP) is 4.70. The number of rotatable bonds is 8. The van der Waals surface area contributed by atoms with Crippen LogP contribution in [0.4, 0.5) is 0 Å². The number of nitrogens with zero attached hydrogens (tertiary/aromatic N) is 2. The summed E-state index contributed by atoms with van der Waals surface area (Å²) in [4.78, 5) is 30.9. The lowest BCUT2D eigenvalue weighted by molar-refractivity contribution is -0.142. The average molecular weight is 399 g/mol. The molecule has 0 N–H and O–H groups in total. The van der Waals surface area contributed by atoms with Crippen molar-refractivity contribution in [3.05, 3.63) is 58.3 Å². The van der Waals surface area contributed by atoms with E-state index >= 15 is 0 Å². The van der Waals surface area contributed by atoms with Crippen LogP contribution < -0.4 is 0 Å². The van der Waals surface area contributed by atoms with Gasteiger partial charge in [-0.1, -0.05) is 57.2 Å².